The highest BCUT2D eigenvalue weighted by atomic mass is 79.9. The van der Waals surface area contributed by atoms with E-state index in [-0.39, 0.29) is 5.91 Å². The summed E-state index contributed by atoms with van der Waals surface area (Å²) >= 11 is 3.39. The number of hydrogen-bond donors (Lipinski definition) is 1. The second-order valence-corrected chi connectivity index (χ2v) is 6.92. The Morgan fingerprint density at radius 3 is 2.19 bits per heavy atom. The van der Waals surface area contributed by atoms with Gasteiger partial charge in [-0.1, -0.05) is 28.1 Å². The van der Waals surface area contributed by atoms with Crippen LogP contribution in [0.2, 0.25) is 0 Å². The Kier molecular flexibility index (Phi) is 4.15. The monoisotopic (exact) mass is 353 g/mol. The molecule has 0 aromatic heterocycles. The van der Waals surface area contributed by atoms with Crippen LogP contribution in [-0.4, -0.2) is 34.0 Å². The maximum absolute atomic E-state index is 12.9. The van der Waals surface area contributed by atoms with Crippen molar-refractivity contribution in [2.24, 2.45) is 0 Å². The number of carbonyl (C=O) groups excluding carboxylic acids is 1. The third-order valence-electron chi connectivity index (χ3n) is 4.32. The minimum atomic E-state index is -1.20. The summed E-state index contributed by atoms with van der Waals surface area (Å²) in [6, 6.07) is 7.72. The number of benzene rings is 1. The molecule has 21 heavy (non-hydrogen) atoms. The van der Waals surface area contributed by atoms with Crippen LogP contribution in [0.3, 0.4) is 0 Å². The van der Waals surface area contributed by atoms with Crippen LogP contribution in [0.4, 0.5) is 0 Å². The second kappa shape index (κ2) is 5.44. The number of carboxylic acids is 1. The van der Waals surface area contributed by atoms with Crippen molar-refractivity contribution in [3.8, 4) is 0 Å². The highest BCUT2D eigenvalue weighted by molar-refractivity contribution is 9.10. The fraction of sp³-hybridized carbons (Fsp3) is 0.500. The zero-order chi connectivity index (χ0) is 15.8. The normalized spacial score (nSPS) is 16.4. The number of hydrogen-bond acceptors (Lipinski definition) is 2. The van der Waals surface area contributed by atoms with Gasteiger partial charge >= 0.3 is 5.97 Å². The molecule has 1 aromatic rings. The topological polar surface area (TPSA) is 57.6 Å². The Bertz CT molecular complexity index is 561. The number of likely N-dealkylation sites (N-methyl/N-ethyl adjacent to an activating group) is 1. The predicted octanol–water partition coefficient (Wildman–Crippen LogP) is 3.19. The van der Waals surface area contributed by atoms with Crippen LogP contribution >= 0.6 is 15.9 Å². The molecule has 0 radical (unpaired) electrons. The lowest BCUT2D eigenvalue weighted by atomic mass is 9.91. The van der Waals surface area contributed by atoms with E-state index >= 15 is 0 Å². The molecule has 0 bridgehead atoms. The molecule has 0 unspecified atom stereocenters. The molecule has 1 fully saturated rings. The van der Waals surface area contributed by atoms with E-state index in [1.165, 1.54) is 4.90 Å². The molecule has 1 aliphatic rings. The van der Waals surface area contributed by atoms with Crippen LogP contribution in [0.25, 0.3) is 0 Å². The lowest BCUT2D eigenvalue weighted by Gasteiger charge is -2.37. The fourth-order valence-corrected chi connectivity index (χ4v) is 2.95. The standard InChI is InChI=1S/C16H20BrNO3/c1-4-18(15(2,3)14(20)21)13(19)16(9-10-16)11-5-7-12(17)8-6-11/h5-8H,4,9-10H2,1-3H3,(H,20,21). The molecular formula is C16H20BrNO3. The van der Waals surface area contributed by atoms with E-state index in [0.717, 1.165) is 22.9 Å². The maximum atomic E-state index is 12.9. The molecule has 4 nitrogen and oxygen atoms in total. The van der Waals surface area contributed by atoms with Crippen LogP contribution in [0, 0.1) is 0 Å². The van der Waals surface area contributed by atoms with Gasteiger partial charge in [0, 0.05) is 11.0 Å². The first kappa shape index (κ1) is 16.0. The van der Waals surface area contributed by atoms with Gasteiger partial charge in [0.15, 0.2) is 0 Å². The summed E-state index contributed by atoms with van der Waals surface area (Å²) in [5, 5.41) is 9.38. The van der Waals surface area contributed by atoms with Gasteiger partial charge in [-0.25, -0.2) is 4.79 Å². The van der Waals surface area contributed by atoms with Crippen LogP contribution in [0.5, 0.6) is 0 Å². The number of rotatable bonds is 5. The van der Waals surface area contributed by atoms with Gasteiger partial charge in [-0.15, -0.1) is 0 Å². The number of aliphatic carboxylic acids is 1. The number of nitrogens with zero attached hydrogens (tertiary/aromatic N) is 1. The zero-order valence-electron chi connectivity index (χ0n) is 12.5. The van der Waals surface area contributed by atoms with Crippen LogP contribution < -0.4 is 0 Å². The molecule has 0 aliphatic heterocycles. The van der Waals surface area contributed by atoms with Crippen molar-refractivity contribution < 1.29 is 14.7 Å². The Morgan fingerprint density at radius 1 is 1.29 bits per heavy atom. The molecule has 0 heterocycles. The first-order valence-corrected chi connectivity index (χ1v) is 7.86. The molecule has 1 aliphatic carbocycles. The molecule has 0 saturated heterocycles. The summed E-state index contributed by atoms with van der Waals surface area (Å²) in [6.07, 6.45) is 1.55. The first-order chi connectivity index (χ1) is 9.75. The number of amides is 1. The lowest BCUT2D eigenvalue weighted by molar-refractivity contribution is -0.157. The highest BCUT2D eigenvalue weighted by Gasteiger charge is 2.55. The number of halogens is 1. The van der Waals surface area contributed by atoms with Gasteiger partial charge < -0.3 is 10.0 Å². The van der Waals surface area contributed by atoms with Crippen LogP contribution in [-0.2, 0) is 15.0 Å². The maximum Gasteiger partial charge on any atom is 0.329 e. The highest BCUT2D eigenvalue weighted by Crippen LogP contribution is 2.50. The SMILES string of the molecule is CCN(C(=O)C1(c2ccc(Br)cc2)CC1)C(C)(C)C(=O)O. The van der Waals surface area contributed by atoms with Gasteiger partial charge in [0.25, 0.3) is 0 Å². The fourth-order valence-electron chi connectivity index (χ4n) is 2.69. The molecular weight excluding hydrogens is 334 g/mol. The summed E-state index contributed by atoms with van der Waals surface area (Å²) in [5.74, 6) is -1.07. The minimum absolute atomic E-state index is 0.0836. The van der Waals surface area contributed by atoms with Crippen LogP contribution in [0.15, 0.2) is 28.7 Å². The summed E-state index contributed by atoms with van der Waals surface area (Å²) in [7, 11) is 0. The predicted molar refractivity (Wildman–Crippen MR) is 84.2 cm³/mol. The first-order valence-electron chi connectivity index (χ1n) is 7.07. The Morgan fingerprint density at radius 2 is 1.81 bits per heavy atom. The van der Waals surface area contributed by atoms with E-state index in [1.54, 1.807) is 13.8 Å². The zero-order valence-corrected chi connectivity index (χ0v) is 14.1. The smallest absolute Gasteiger partial charge is 0.329 e. The van der Waals surface area contributed by atoms with Gasteiger partial charge in [0.1, 0.15) is 5.54 Å². The average Bonchev–Trinajstić information content (AvgIpc) is 3.21. The van der Waals surface area contributed by atoms with Crippen molar-refractivity contribution in [2.75, 3.05) is 6.54 Å². The number of carboxylic acid groups (broad SMARTS) is 1. The lowest BCUT2D eigenvalue weighted by Crippen LogP contribution is -2.55. The average molecular weight is 354 g/mol. The molecule has 114 valence electrons. The van der Waals surface area contributed by atoms with Gasteiger partial charge in [0.05, 0.1) is 5.41 Å². The van der Waals surface area contributed by atoms with Crippen LogP contribution in [0.1, 0.15) is 39.2 Å². The van der Waals surface area contributed by atoms with Gasteiger partial charge in [0.2, 0.25) is 5.91 Å². The molecule has 1 N–H and O–H groups in total. The Balaban J connectivity index is 2.34. The van der Waals surface area contributed by atoms with Crippen molar-refractivity contribution in [2.45, 2.75) is 44.6 Å². The Labute approximate surface area is 133 Å². The van der Waals surface area contributed by atoms with E-state index < -0.39 is 16.9 Å². The van der Waals surface area contributed by atoms with E-state index in [0.29, 0.717) is 6.54 Å². The molecule has 5 heteroatoms. The molecule has 1 aromatic carbocycles. The van der Waals surface area contributed by atoms with E-state index in [9.17, 15) is 14.7 Å². The van der Waals surface area contributed by atoms with Gasteiger partial charge in [-0.05, 0) is 51.3 Å². The molecule has 2 rings (SSSR count). The summed E-state index contributed by atoms with van der Waals surface area (Å²) in [4.78, 5) is 25.9. The van der Waals surface area contributed by atoms with E-state index in [2.05, 4.69) is 15.9 Å². The minimum Gasteiger partial charge on any atom is -0.480 e. The third kappa shape index (κ3) is 2.71. The second-order valence-electron chi connectivity index (χ2n) is 6.00. The Hall–Kier alpha value is -1.36. The molecule has 1 amide bonds. The molecule has 0 spiro atoms. The summed E-state index contributed by atoms with van der Waals surface area (Å²) in [6.45, 7) is 5.36. The van der Waals surface area contributed by atoms with Crippen molar-refractivity contribution in [1.82, 2.24) is 4.90 Å². The summed E-state index contributed by atoms with van der Waals surface area (Å²) < 4.78 is 0.965. The van der Waals surface area contributed by atoms with Crippen molar-refractivity contribution in [3.63, 3.8) is 0 Å². The van der Waals surface area contributed by atoms with Gasteiger partial charge in [-0.2, -0.15) is 0 Å². The largest absolute Gasteiger partial charge is 0.480 e. The van der Waals surface area contributed by atoms with E-state index in [1.807, 2.05) is 31.2 Å². The quantitative estimate of drug-likeness (QED) is 0.884. The van der Waals surface area contributed by atoms with E-state index in [4.69, 9.17) is 0 Å². The van der Waals surface area contributed by atoms with Crippen molar-refractivity contribution >= 4 is 27.8 Å². The third-order valence-corrected chi connectivity index (χ3v) is 4.84. The van der Waals surface area contributed by atoms with Crippen molar-refractivity contribution in [3.05, 3.63) is 34.3 Å². The number of carbonyl (C=O) groups is 2. The van der Waals surface area contributed by atoms with Crippen molar-refractivity contribution in [1.29, 1.82) is 0 Å². The molecule has 0 atom stereocenters. The summed E-state index contributed by atoms with van der Waals surface area (Å²) in [5.41, 5.74) is -0.768. The molecule has 1 saturated carbocycles. The van der Waals surface area contributed by atoms with Gasteiger partial charge in [-0.3, -0.25) is 4.79 Å².